The fraction of sp³-hybridized carbons (Fsp3) is 0.143. The van der Waals surface area contributed by atoms with Crippen LogP contribution < -0.4 is 26.4 Å². The molecule has 0 radical (unpaired) electrons. The number of nitrogens with two attached hydrogens (primary N) is 2. The Morgan fingerprint density at radius 2 is 1.69 bits per heavy atom. The SMILES string of the molecule is CCOc1ccccc1N(C(=O)c1snc(C(N)=O)c1N)[C@@H](C(=O)NCc1ccccc1)c1ccc(O)cc1. The van der Waals surface area contributed by atoms with Gasteiger partial charge in [-0.3, -0.25) is 19.3 Å². The number of phenols is 1. The molecule has 6 N–H and O–H groups in total. The number of rotatable bonds is 10. The standard InChI is InChI=1S/C28H27N5O5S/c1-2-38-21-11-7-6-10-20(21)33(28(37)25-22(29)23(26(30)35)32-39-25)24(18-12-14-19(34)15-13-18)27(36)31-16-17-8-4-3-5-9-17/h3-15,24,34H,2,16,29H2,1H3,(H2,30,35)(H,31,36)/t24-/m1/s1. The Morgan fingerprint density at radius 3 is 2.33 bits per heavy atom. The van der Waals surface area contributed by atoms with E-state index in [1.807, 2.05) is 30.3 Å². The van der Waals surface area contributed by atoms with Crippen LogP contribution in [0.1, 0.15) is 44.3 Å². The molecular weight excluding hydrogens is 518 g/mol. The van der Waals surface area contributed by atoms with Gasteiger partial charge in [0.15, 0.2) is 5.69 Å². The summed E-state index contributed by atoms with van der Waals surface area (Å²) >= 11 is 0.712. The number of primary amides is 1. The van der Waals surface area contributed by atoms with Gasteiger partial charge < -0.3 is 26.6 Å². The van der Waals surface area contributed by atoms with Crippen LogP contribution in [0, 0.1) is 0 Å². The van der Waals surface area contributed by atoms with E-state index >= 15 is 0 Å². The van der Waals surface area contributed by atoms with Crippen LogP contribution in [0.25, 0.3) is 0 Å². The molecule has 0 saturated heterocycles. The Bertz CT molecular complexity index is 1470. The monoisotopic (exact) mass is 545 g/mol. The molecule has 3 amide bonds. The summed E-state index contributed by atoms with van der Waals surface area (Å²) < 4.78 is 9.77. The van der Waals surface area contributed by atoms with E-state index in [2.05, 4.69) is 9.69 Å². The zero-order chi connectivity index (χ0) is 27.9. The quantitative estimate of drug-likeness (QED) is 0.237. The number of nitrogens with zero attached hydrogens (tertiary/aromatic N) is 2. The van der Waals surface area contributed by atoms with Gasteiger partial charge in [-0.2, -0.15) is 4.37 Å². The summed E-state index contributed by atoms with van der Waals surface area (Å²) in [5.74, 6) is -1.71. The summed E-state index contributed by atoms with van der Waals surface area (Å²) in [4.78, 5) is 41.1. The molecule has 1 heterocycles. The lowest BCUT2D eigenvalue weighted by atomic mass is 10.0. The maximum Gasteiger partial charge on any atom is 0.273 e. The molecule has 39 heavy (non-hydrogen) atoms. The first kappa shape index (κ1) is 27.1. The minimum atomic E-state index is -1.22. The van der Waals surface area contributed by atoms with Crippen LogP contribution in [-0.2, 0) is 11.3 Å². The number of hydrogen-bond acceptors (Lipinski definition) is 8. The van der Waals surface area contributed by atoms with Crippen LogP contribution in [0.15, 0.2) is 78.9 Å². The summed E-state index contributed by atoms with van der Waals surface area (Å²) in [6, 6.07) is 20.8. The highest BCUT2D eigenvalue weighted by molar-refractivity contribution is 7.09. The molecule has 0 fully saturated rings. The van der Waals surface area contributed by atoms with Gasteiger partial charge in [-0.1, -0.05) is 54.6 Å². The number of phenolic OH excluding ortho intramolecular Hbond substituents is 1. The van der Waals surface area contributed by atoms with Crippen molar-refractivity contribution in [3.63, 3.8) is 0 Å². The number of aromatic nitrogens is 1. The fourth-order valence-corrected chi connectivity index (χ4v) is 4.74. The highest BCUT2D eigenvalue weighted by atomic mass is 32.1. The van der Waals surface area contributed by atoms with Gasteiger partial charge in [-0.15, -0.1) is 0 Å². The molecule has 1 atom stereocenters. The van der Waals surface area contributed by atoms with Gasteiger partial charge >= 0.3 is 0 Å². The average Bonchev–Trinajstić information content (AvgIpc) is 3.33. The van der Waals surface area contributed by atoms with Crippen molar-refractivity contribution in [3.05, 3.63) is 101 Å². The van der Waals surface area contributed by atoms with Crippen molar-refractivity contribution in [1.29, 1.82) is 0 Å². The third-order valence-corrected chi connectivity index (χ3v) is 6.67. The van der Waals surface area contributed by atoms with Crippen LogP contribution in [0.4, 0.5) is 11.4 Å². The van der Waals surface area contributed by atoms with Gasteiger partial charge in [-0.25, -0.2) is 0 Å². The van der Waals surface area contributed by atoms with Gasteiger partial charge in [0, 0.05) is 6.54 Å². The summed E-state index contributed by atoms with van der Waals surface area (Å²) in [6.45, 7) is 2.31. The smallest absolute Gasteiger partial charge is 0.273 e. The van der Waals surface area contributed by atoms with Crippen LogP contribution in [-0.4, -0.2) is 33.8 Å². The normalized spacial score (nSPS) is 11.4. The molecule has 0 unspecified atom stereocenters. The predicted octanol–water partition coefficient (Wildman–Crippen LogP) is 3.63. The first-order valence-electron chi connectivity index (χ1n) is 12.0. The number of amides is 3. The van der Waals surface area contributed by atoms with Gasteiger partial charge in [0.05, 0.1) is 18.0 Å². The lowest BCUT2D eigenvalue weighted by molar-refractivity contribution is -0.122. The van der Waals surface area contributed by atoms with Gasteiger partial charge in [0.1, 0.15) is 22.4 Å². The minimum absolute atomic E-state index is 0.00686. The Labute approximate surface area is 229 Å². The van der Waals surface area contributed by atoms with E-state index in [1.165, 1.54) is 17.0 Å². The number of anilines is 2. The van der Waals surface area contributed by atoms with Crippen molar-refractivity contribution in [2.24, 2.45) is 5.73 Å². The van der Waals surface area contributed by atoms with E-state index < -0.39 is 23.8 Å². The fourth-order valence-electron chi connectivity index (χ4n) is 3.99. The molecule has 10 nitrogen and oxygen atoms in total. The van der Waals surface area contributed by atoms with Crippen LogP contribution in [0.3, 0.4) is 0 Å². The van der Waals surface area contributed by atoms with Crippen LogP contribution in [0.5, 0.6) is 11.5 Å². The topological polar surface area (TPSA) is 161 Å². The molecule has 0 saturated carbocycles. The number of benzene rings is 3. The number of carbonyl (C=O) groups excluding carboxylic acids is 3. The number of nitrogen functional groups attached to an aromatic ring is 1. The lowest BCUT2D eigenvalue weighted by Gasteiger charge is -2.32. The summed E-state index contributed by atoms with van der Waals surface area (Å²) in [5, 5.41) is 12.8. The number of aromatic hydroxyl groups is 1. The predicted molar refractivity (Wildman–Crippen MR) is 149 cm³/mol. The van der Waals surface area contributed by atoms with Crippen molar-refractivity contribution >= 4 is 40.6 Å². The van der Waals surface area contributed by atoms with E-state index in [0.717, 1.165) is 5.56 Å². The molecule has 0 aliphatic heterocycles. The second kappa shape index (κ2) is 12.1. The number of hydrogen-bond donors (Lipinski definition) is 4. The van der Waals surface area contributed by atoms with Crippen LogP contribution in [0.2, 0.25) is 0 Å². The second-order valence-electron chi connectivity index (χ2n) is 8.41. The van der Waals surface area contributed by atoms with E-state index in [-0.39, 0.29) is 28.6 Å². The first-order chi connectivity index (χ1) is 18.8. The molecule has 0 bridgehead atoms. The maximum absolute atomic E-state index is 14.2. The average molecular weight is 546 g/mol. The Hall–Kier alpha value is -4.90. The molecule has 200 valence electrons. The highest BCUT2D eigenvalue weighted by Crippen LogP contribution is 2.38. The molecule has 4 aromatic rings. The zero-order valence-corrected chi connectivity index (χ0v) is 21.9. The van der Waals surface area contributed by atoms with Crippen molar-refractivity contribution in [2.75, 3.05) is 17.2 Å². The molecule has 0 aliphatic rings. The first-order valence-corrected chi connectivity index (χ1v) is 12.8. The Morgan fingerprint density at radius 1 is 1.03 bits per heavy atom. The summed E-state index contributed by atoms with van der Waals surface area (Å²) in [7, 11) is 0. The third-order valence-electron chi connectivity index (χ3n) is 5.82. The van der Waals surface area contributed by atoms with Crippen molar-refractivity contribution in [1.82, 2.24) is 9.69 Å². The molecule has 1 aromatic heterocycles. The van der Waals surface area contributed by atoms with Gasteiger partial charge in [-0.05, 0) is 53.8 Å². The molecule has 3 aromatic carbocycles. The molecular formula is C28H27N5O5S. The second-order valence-corrected chi connectivity index (χ2v) is 9.18. The summed E-state index contributed by atoms with van der Waals surface area (Å²) in [5.41, 5.74) is 12.7. The van der Waals surface area contributed by atoms with Crippen molar-refractivity contribution in [2.45, 2.75) is 19.5 Å². The van der Waals surface area contributed by atoms with E-state index in [4.69, 9.17) is 16.2 Å². The lowest BCUT2D eigenvalue weighted by Crippen LogP contribution is -2.44. The number of carbonyl (C=O) groups is 3. The van der Waals surface area contributed by atoms with Crippen molar-refractivity contribution < 1.29 is 24.2 Å². The number of para-hydroxylation sites is 2. The van der Waals surface area contributed by atoms with Gasteiger partial charge in [0.2, 0.25) is 5.91 Å². The maximum atomic E-state index is 14.2. The van der Waals surface area contributed by atoms with E-state index in [0.29, 0.717) is 35.1 Å². The third kappa shape index (κ3) is 5.99. The van der Waals surface area contributed by atoms with Crippen LogP contribution >= 0.6 is 11.5 Å². The van der Waals surface area contributed by atoms with Crippen molar-refractivity contribution in [3.8, 4) is 11.5 Å². The Balaban J connectivity index is 1.87. The summed E-state index contributed by atoms with van der Waals surface area (Å²) in [6.07, 6.45) is 0. The number of ether oxygens (including phenoxy) is 1. The minimum Gasteiger partial charge on any atom is -0.508 e. The largest absolute Gasteiger partial charge is 0.508 e. The molecule has 0 spiro atoms. The number of nitrogens with one attached hydrogen (secondary N) is 1. The highest BCUT2D eigenvalue weighted by Gasteiger charge is 2.37. The van der Waals surface area contributed by atoms with E-state index in [1.54, 1.807) is 43.3 Å². The van der Waals surface area contributed by atoms with Gasteiger partial charge in [0.25, 0.3) is 11.8 Å². The Kier molecular flexibility index (Phi) is 8.42. The van der Waals surface area contributed by atoms with E-state index in [9.17, 15) is 19.5 Å². The molecule has 4 rings (SSSR count). The zero-order valence-electron chi connectivity index (χ0n) is 21.0. The molecule has 0 aliphatic carbocycles. The molecule has 11 heteroatoms.